The van der Waals surface area contributed by atoms with E-state index in [1.54, 1.807) is 17.0 Å². The van der Waals surface area contributed by atoms with Gasteiger partial charge in [-0.2, -0.15) is 0 Å². The SMILES string of the molecule is CCNc1c(F)cccc1C(=O)N1CCOCC1C. The minimum absolute atomic E-state index is 0.0130. The maximum absolute atomic E-state index is 13.8. The quantitative estimate of drug-likeness (QED) is 0.911. The van der Waals surface area contributed by atoms with Gasteiger partial charge < -0.3 is 15.0 Å². The van der Waals surface area contributed by atoms with Crippen molar-refractivity contribution in [2.75, 3.05) is 31.6 Å². The Bertz CT molecular complexity index is 465. The molecule has 1 unspecified atom stereocenters. The van der Waals surface area contributed by atoms with Gasteiger partial charge in [0.25, 0.3) is 5.91 Å². The van der Waals surface area contributed by atoms with Crippen molar-refractivity contribution >= 4 is 11.6 Å². The molecule has 1 aromatic rings. The van der Waals surface area contributed by atoms with Gasteiger partial charge in [-0.3, -0.25) is 4.79 Å². The minimum atomic E-state index is -0.395. The van der Waals surface area contributed by atoms with Crippen molar-refractivity contribution in [2.45, 2.75) is 19.9 Å². The van der Waals surface area contributed by atoms with Crippen molar-refractivity contribution in [3.8, 4) is 0 Å². The predicted molar refractivity (Wildman–Crippen MR) is 71.9 cm³/mol. The molecule has 0 spiro atoms. The summed E-state index contributed by atoms with van der Waals surface area (Å²) in [6.07, 6.45) is 0. The molecule has 1 fully saturated rings. The number of amides is 1. The lowest BCUT2D eigenvalue weighted by atomic mass is 10.1. The molecular weight excluding hydrogens is 247 g/mol. The van der Waals surface area contributed by atoms with Gasteiger partial charge in [0.05, 0.1) is 30.5 Å². The maximum Gasteiger partial charge on any atom is 0.256 e. The molecule has 5 heteroatoms. The first-order valence-electron chi connectivity index (χ1n) is 6.56. The third kappa shape index (κ3) is 2.87. The average molecular weight is 266 g/mol. The maximum atomic E-state index is 13.8. The Kier molecular flexibility index (Phi) is 4.37. The number of anilines is 1. The van der Waals surface area contributed by atoms with Crippen LogP contribution in [0.15, 0.2) is 18.2 Å². The Morgan fingerprint density at radius 2 is 2.37 bits per heavy atom. The van der Waals surface area contributed by atoms with Crippen LogP contribution in [0.3, 0.4) is 0 Å². The van der Waals surface area contributed by atoms with Crippen LogP contribution in [-0.2, 0) is 4.74 Å². The molecule has 0 aromatic heterocycles. The Morgan fingerprint density at radius 3 is 3.05 bits per heavy atom. The van der Waals surface area contributed by atoms with E-state index in [9.17, 15) is 9.18 Å². The molecule has 1 aliphatic rings. The molecule has 1 atom stereocenters. The standard InChI is InChI=1S/C14H19FN2O2/c1-3-16-13-11(5-4-6-12(13)15)14(18)17-7-8-19-9-10(17)2/h4-6,10,16H,3,7-9H2,1-2H3. The predicted octanol–water partition coefficient (Wildman–Crippen LogP) is 2.12. The molecule has 1 heterocycles. The van der Waals surface area contributed by atoms with E-state index in [2.05, 4.69) is 5.32 Å². The van der Waals surface area contributed by atoms with Crippen LogP contribution in [0.25, 0.3) is 0 Å². The van der Waals surface area contributed by atoms with Crippen LogP contribution in [-0.4, -0.2) is 43.2 Å². The average Bonchev–Trinajstić information content (AvgIpc) is 2.41. The van der Waals surface area contributed by atoms with E-state index in [0.717, 1.165) is 0 Å². The fraction of sp³-hybridized carbons (Fsp3) is 0.500. The summed E-state index contributed by atoms with van der Waals surface area (Å²) in [5, 5.41) is 2.93. The largest absolute Gasteiger partial charge is 0.382 e. The molecule has 1 aromatic carbocycles. The number of nitrogens with zero attached hydrogens (tertiary/aromatic N) is 1. The van der Waals surface area contributed by atoms with E-state index >= 15 is 0 Å². The topological polar surface area (TPSA) is 41.6 Å². The molecule has 0 radical (unpaired) electrons. The van der Waals surface area contributed by atoms with E-state index in [1.807, 2.05) is 13.8 Å². The molecule has 104 valence electrons. The number of para-hydroxylation sites is 1. The number of halogens is 1. The Labute approximate surface area is 112 Å². The summed E-state index contributed by atoms with van der Waals surface area (Å²) in [4.78, 5) is 14.3. The second-order valence-corrected chi connectivity index (χ2v) is 4.62. The summed E-state index contributed by atoms with van der Waals surface area (Å²) < 4.78 is 19.1. The van der Waals surface area contributed by atoms with Crippen LogP contribution in [0.5, 0.6) is 0 Å². The number of carbonyl (C=O) groups is 1. The van der Waals surface area contributed by atoms with Gasteiger partial charge in [0, 0.05) is 13.1 Å². The molecule has 1 N–H and O–H groups in total. The highest BCUT2D eigenvalue weighted by Crippen LogP contribution is 2.23. The number of hydrogen-bond acceptors (Lipinski definition) is 3. The van der Waals surface area contributed by atoms with Gasteiger partial charge in [-0.15, -0.1) is 0 Å². The van der Waals surface area contributed by atoms with Crippen molar-refractivity contribution in [1.82, 2.24) is 4.90 Å². The van der Waals surface area contributed by atoms with Gasteiger partial charge in [0.15, 0.2) is 0 Å². The zero-order valence-electron chi connectivity index (χ0n) is 11.3. The van der Waals surface area contributed by atoms with Crippen LogP contribution < -0.4 is 5.32 Å². The summed E-state index contributed by atoms with van der Waals surface area (Å²) in [5.41, 5.74) is 0.671. The van der Waals surface area contributed by atoms with E-state index in [1.165, 1.54) is 6.07 Å². The van der Waals surface area contributed by atoms with Gasteiger partial charge in [0.2, 0.25) is 0 Å². The highest BCUT2D eigenvalue weighted by Gasteiger charge is 2.27. The van der Waals surface area contributed by atoms with Crippen molar-refractivity contribution in [2.24, 2.45) is 0 Å². The molecule has 1 amide bonds. The Morgan fingerprint density at radius 1 is 1.58 bits per heavy atom. The fourth-order valence-electron chi connectivity index (χ4n) is 2.24. The van der Waals surface area contributed by atoms with Gasteiger partial charge >= 0.3 is 0 Å². The zero-order valence-corrected chi connectivity index (χ0v) is 11.3. The van der Waals surface area contributed by atoms with E-state index in [4.69, 9.17) is 4.74 Å². The van der Waals surface area contributed by atoms with Gasteiger partial charge in [-0.05, 0) is 26.0 Å². The molecule has 1 saturated heterocycles. The fourth-order valence-corrected chi connectivity index (χ4v) is 2.24. The normalized spacial score (nSPS) is 19.3. The second-order valence-electron chi connectivity index (χ2n) is 4.62. The number of nitrogens with one attached hydrogen (secondary N) is 1. The molecule has 4 nitrogen and oxygen atoms in total. The summed E-state index contributed by atoms with van der Waals surface area (Å²) in [5.74, 6) is -0.542. The molecule has 2 rings (SSSR count). The molecular formula is C14H19FN2O2. The minimum Gasteiger partial charge on any atom is -0.382 e. The van der Waals surface area contributed by atoms with Crippen molar-refractivity contribution in [3.63, 3.8) is 0 Å². The zero-order chi connectivity index (χ0) is 13.8. The summed E-state index contributed by atoms with van der Waals surface area (Å²) in [6.45, 7) is 5.98. The number of hydrogen-bond donors (Lipinski definition) is 1. The van der Waals surface area contributed by atoms with Crippen LogP contribution in [0.2, 0.25) is 0 Å². The van der Waals surface area contributed by atoms with E-state index < -0.39 is 5.82 Å². The summed E-state index contributed by atoms with van der Waals surface area (Å²) in [7, 11) is 0. The summed E-state index contributed by atoms with van der Waals surface area (Å²) >= 11 is 0. The number of ether oxygens (including phenoxy) is 1. The summed E-state index contributed by atoms with van der Waals surface area (Å²) in [6, 6.07) is 4.59. The molecule has 0 saturated carbocycles. The lowest BCUT2D eigenvalue weighted by Crippen LogP contribution is -2.47. The van der Waals surface area contributed by atoms with Gasteiger partial charge in [0.1, 0.15) is 5.82 Å². The highest BCUT2D eigenvalue weighted by atomic mass is 19.1. The van der Waals surface area contributed by atoms with Gasteiger partial charge in [-0.1, -0.05) is 6.07 Å². The monoisotopic (exact) mass is 266 g/mol. The first kappa shape index (κ1) is 13.8. The van der Waals surface area contributed by atoms with E-state index in [-0.39, 0.29) is 17.6 Å². The highest BCUT2D eigenvalue weighted by molar-refractivity contribution is 6.00. The second kappa shape index (κ2) is 6.02. The van der Waals surface area contributed by atoms with Crippen LogP contribution in [0.4, 0.5) is 10.1 Å². The third-order valence-corrected chi connectivity index (χ3v) is 3.23. The number of carbonyl (C=O) groups excluding carboxylic acids is 1. The van der Waals surface area contributed by atoms with Crippen molar-refractivity contribution in [3.05, 3.63) is 29.6 Å². The molecule has 1 aliphatic heterocycles. The first-order valence-corrected chi connectivity index (χ1v) is 6.56. The van der Waals surface area contributed by atoms with Crippen LogP contribution in [0, 0.1) is 5.82 Å². The van der Waals surface area contributed by atoms with Crippen LogP contribution >= 0.6 is 0 Å². The van der Waals surface area contributed by atoms with Crippen molar-refractivity contribution < 1.29 is 13.9 Å². The third-order valence-electron chi connectivity index (χ3n) is 3.23. The van der Waals surface area contributed by atoms with E-state index in [0.29, 0.717) is 31.9 Å². The first-order chi connectivity index (χ1) is 9.15. The Hall–Kier alpha value is -1.62. The molecule has 19 heavy (non-hydrogen) atoms. The van der Waals surface area contributed by atoms with Crippen molar-refractivity contribution in [1.29, 1.82) is 0 Å². The number of rotatable bonds is 3. The number of benzene rings is 1. The Balaban J connectivity index is 2.30. The lowest BCUT2D eigenvalue weighted by molar-refractivity contribution is 0.00363. The molecule has 0 bridgehead atoms. The number of morpholine rings is 1. The molecule has 0 aliphatic carbocycles. The smallest absolute Gasteiger partial charge is 0.256 e. The lowest BCUT2D eigenvalue weighted by Gasteiger charge is -2.33. The van der Waals surface area contributed by atoms with Gasteiger partial charge in [-0.25, -0.2) is 4.39 Å². The van der Waals surface area contributed by atoms with Crippen LogP contribution in [0.1, 0.15) is 24.2 Å².